The number of rotatable bonds is 9. The topological polar surface area (TPSA) is 61.8 Å². The van der Waals surface area contributed by atoms with Gasteiger partial charge >= 0.3 is 11.9 Å². The molecule has 2 aromatic carbocycles. The Labute approximate surface area is 165 Å². The maximum Gasteiger partial charge on any atom is 0.338 e. The summed E-state index contributed by atoms with van der Waals surface area (Å²) in [7, 11) is 2.70. The van der Waals surface area contributed by atoms with Gasteiger partial charge in [-0.2, -0.15) is 0 Å². The number of benzene rings is 2. The molecular weight excluding hydrogens is 356 g/mol. The number of methoxy groups -OCH3 is 2. The first-order valence-corrected chi connectivity index (χ1v) is 8.79. The van der Waals surface area contributed by atoms with Gasteiger partial charge in [-0.05, 0) is 46.9 Å². The monoisotopic (exact) mass is 380 g/mol. The molecule has 0 aromatic heterocycles. The smallest absolute Gasteiger partial charge is 0.338 e. The molecule has 5 heteroatoms. The number of carbonyl (C=O) groups excluding carboxylic acids is 2. The van der Waals surface area contributed by atoms with Gasteiger partial charge in [0.15, 0.2) is 0 Å². The van der Waals surface area contributed by atoms with Crippen LogP contribution < -0.4 is 0 Å². The van der Waals surface area contributed by atoms with Crippen LogP contribution in [0, 0.1) is 0 Å². The third kappa shape index (κ3) is 5.18. The van der Waals surface area contributed by atoms with E-state index in [-0.39, 0.29) is 5.97 Å². The Balaban J connectivity index is 1.97. The molecule has 0 saturated heterocycles. The Bertz CT molecular complexity index is 883. The molecule has 0 spiro atoms. The zero-order valence-electron chi connectivity index (χ0n) is 16.2. The molecule has 0 radical (unpaired) electrons. The molecule has 0 fully saturated rings. The fraction of sp³-hybridized carbons (Fsp3) is 0.217. The summed E-state index contributed by atoms with van der Waals surface area (Å²) in [4.78, 5) is 23.6. The zero-order chi connectivity index (χ0) is 20.5. The average Bonchev–Trinajstić information content (AvgIpc) is 2.75. The first-order valence-electron chi connectivity index (χ1n) is 8.79. The van der Waals surface area contributed by atoms with Gasteiger partial charge in [-0.3, -0.25) is 0 Å². The number of hydrogen-bond donors (Lipinski definition) is 0. The molecule has 2 aromatic rings. The summed E-state index contributed by atoms with van der Waals surface area (Å²) < 4.78 is 15.3. The molecule has 0 unspecified atom stereocenters. The molecule has 0 atom stereocenters. The van der Waals surface area contributed by atoms with Gasteiger partial charge in [-0.25, -0.2) is 9.59 Å². The number of ether oxygens (including phenoxy) is 3. The van der Waals surface area contributed by atoms with Crippen LogP contribution in [0.2, 0.25) is 0 Å². The van der Waals surface area contributed by atoms with Crippen LogP contribution in [0.25, 0.3) is 12.2 Å². The summed E-state index contributed by atoms with van der Waals surface area (Å²) in [6.07, 6.45) is 3.89. The molecule has 0 aliphatic heterocycles. The van der Waals surface area contributed by atoms with E-state index in [2.05, 4.69) is 13.2 Å². The molecule has 0 N–H and O–H groups in total. The highest BCUT2D eigenvalue weighted by Crippen LogP contribution is 2.17. The van der Waals surface area contributed by atoms with Gasteiger partial charge in [0.05, 0.1) is 38.6 Å². The molecule has 0 saturated carbocycles. The fourth-order valence-corrected chi connectivity index (χ4v) is 2.77. The lowest BCUT2D eigenvalue weighted by molar-refractivity contribution is 0.0591. The summed E-state index contributed by atoms with van der Waals surface area (Å²) in [5.41, 5.74) is 4.30. The van der Waals surface area contributed by atoms with Crippen molar-refractivity contribution in [3.05, 3.63) is 82.9 Å². The maximum atomic E-state index is 11.9. The Morgan fingerprint density at radius 1 is 0.857 bits per heavy atom. The number of carbonyl (C=O) groups is 2. The SMILES string of the molecule is C=Cc1cc(COCCc2ccc(C=C)c(C(=O)OC)c2)ccc1C(=O)OC. The van der Waals surface area contributed by atoms with Crippen LogP contribution in [0.15, 0.2) is 49.6 Å². The van der Waals surface area contributed by atoms with E-state index in [1.807, 2.05) is 24.3 Å². The van der Waals surface area contributed by atoms with Gasteiger partial charge in [0.1, 0.15) is 0 Å². The molecule has 0 aliphatic carbocycles. The predicted molar refractivity (Wildman–Crippen MR) is 109 cm³/mol. The second-order valence-electron chi connectivity index (χ2n) is 6.04. The molecule has 5 nitrogen and oxygen atoms in total. The van der Waals surface area contributed by atoms with E-state index in [9.17, 15) is 9.59 Å². The van der Waals surface area contributed by atoms with Crippen molar-refractivity contribution in [3.63, 3.8) is 0 Å². The Morgan fingerprint density at radius 2 is 1.50 bits per heavy atom. The van der Waals surface area contributed by atoms with Gasteiger partial charge in [0.25, 0.3) is 0 Å². The number of hydrogen-bond acceptors (Lipinski definition) is 5. The lowest BCUT2D eigenvalue weighted by atomic mass is 10.0. The third-order valence-electron chi connectivity index (χ3n) is 4.29. The molecule has 0 heterocycles. The van der Waals surface area contributed by atoms with E-state index in [0.717, 1.165) is 16.7 Å². The van der Waals surface area contributed by atoms with Crippen molar-refractivity contribution in [2.45, 2.75) is 13.0 Å². The van der Waals surface area contributed by atoms with Crippen molar-refractivity contribution in [2.24, 2.45) is 0 Å². The van der Waals surface area contributed by atoms with Crippen LogP contribution in [0.5, 0.6) is 0 Å². The van der Waals surface area contributed by atoms with Crippen molar-refractivity contribution in [3.8, 4) is 0 Å². The summed E-state index contributed by atoms with van der Waals surface area (Å²) in [5.74, 6) is -0.785. The summed E-state index contributed by atoms with van der Waals surface area (Å²) >= 11 is 0. The minimum absolute atomic E-state index is 0.389. The van der Waals surface area contributed by atoms with Gasteiger partial charge in [-0.15, -0.1) is 0 Å². The molecule has 0 amide bonds. The minimum Gasteiger partial charge on any atom is -0.465 e. The minimum atomic E-state index is -0.397. The van der Waals surface area contributed by atoms with Crippen LogP contribution in [0.4, 0.5) is 0 Å². The van der Waals surface area contributed by atoms with Crippen molar-refractivity contribution in [1.82, 2.24) is 0 Å². The predicted octanol–water partition coefficient (Wildman–Crippen LogP) is 4.31. The lowest BCUT2D eigenvalue weighted by Gasteiger charge is -2.10. The summed E-state index contributed by atoms with van der Waals surface area (Å²) in [5, 5.41) is 0. The Kier molecular flexibility index (Phi) is 7.72. The van der Waals surface area contributed by atoms with Crippen molar-refractivity contribution < 1.29 is 23.8 Å². The van der Waals surface area contributed by atoms with E-state index < -0.39 is 5.97 Å². The van der Waals surface area contributed by atoms with E-state index in [0.29, 0.717) is 36.3 Å². The average molecular weight is 380 g/mol. The lowest BCUT2D eigenvalue weighted by Crippen LogP contribution is -2.06. The van der Waals surface area contributed by atoms with Crippen molar-refractivity contribution in [1.29, 1.82) is 0 Å². The van der Waals surface area contributed by atoms with Crippen LogP contribution in [0.1, 0.15) is 43.0 Å². The third-order valence-corrected chi connectivity index (χ3v) is 4.29. The normalized spacial score (nSPS) is 10.2. The second-order valence-corrected chi connectivity index (χ2v) is 6.04. The number of esters is 2. The standard InChI is InChI=1S/C23H24O5/c1-5-18-9-7-16(14-21(18)23(25)27-4)11-12-28-15-17-8-10-20(22(24)26-3)19(6-2)13-17/h5-10,13-14H,1-2,11-12,15H2,3-4H3. The largest absolute Gasteiger partial charge is 0.465 e. The molecule has 2 rings (SSSR count). The van der Waals surface area contributed by atoms with Gasteiger partial charge in [0, 0.05) is 0 Å². The van der Waals surface area contributed by atoms with Crippen LogP contribution in [-0.4, -0.2) is 32.8 Å². The Hall–Kier alpha value is -3.18. The first kappa shape index (κ1) is 21.1. The molecule has 0 aliphatic rings. The van der Waals surface area contributed by atoms with E-state index in [1.165, 1.54) is 14.2 Å². The zero-order valence-corrected chi connectivity index (χ0v) is 16.2. The highest BCUT2D eigenvalue weighted by Gasteiger charge is 2.12. The highest BCUT2D eigenvalue weighted by molar-refractivity contribution is 5.94. The van der Waals surface area contributed by atoms with Gasteiger partial charge in [0.2, 0.25) is 0 Å². The second kappa shape index (κ2) is 10.2. The van der Waals surface area contributed by atoms with Crippen LogP contribution >= 0.6 is 0 Å². The van der Waals surface area contributed by atoms with Crippen molar-refractivity contribution in [2.75, 3.05) is 20.8 Å². The van der Waals surface area contributed by atoms with E-state index in [4.69, 9.17) is 14.2 Å². The molecular formula is C23H24O5. The van der Waals surface area contributed by atoms with Gasteiger partial charge < -0.3 is 14.2 Å². The van der Waals surface area contributed by atoms with Crippen LogP contribution in [0.3, 0.4) is 0 Å². The van der Waals surface area contributed by atoms with E-state index in [1.54, 1.807) is 24.3 Å². The molecule has 146 valence electrons. The Morgan fingerprint density at radius 3 is 2.14 bits per heavy atom. The fourth-order valence-electron chi connectivity index (χ4n) is 2.77. The summed E-state index contributed by atoms with van der Waals surface area (Å²) in [6.45, 7) is 8.33. The van der Waals surface area contributed by atoms with E-state index >= 15 is 0 Å². The summed E-state index contributed by atoms with van der Waals surface area (Å²) in [6, 6.07) is 11.0. The maximum absolute atomic E-state index is 11.9. The first-order chi connectivity index (χ1) is 13.5. The van der Waals surface area contributed by atoms with Gasteiger partial charge in [-0.1, -0.05) is 43.5 Å². The molecule has 0 bridgehead atoms. The van der Waals surface area contributed by atoms with Crippen molar-refractivity contribution >= 4 is 24.1 Å². The quantitative estimate of drug-likeness (QED) is 0.479. The van der Waals surface area contributed by atoms with Crippen LogP contribution in [-0.2, 0) is 27.2 Å². The highest BCUT2D eigenvalue weighted by atomic mass is 16.5. The molecule has 28 heavy (non-hydrogen) atoms.